The largest absolute Gasteiger partial charge is 0.479 e. The summed E-state index contributed by atoms with van der Waals surface area (Å²) >= 11 is 0. The number of carbonyl (C=O) groups is 2. The van der Waals surface area contributed by atoms with Gasteiger partial charge in [0.05, 0.1) is 5.69 Å². The number of rotatable bonds is 4. The van der Waals surface area contributed by atoms with Gasteiger partial charge < -0.3 is 15.4 Å². The van der Waals surface area contributed by atoms with E-state index in [9.17, 15) is 9.59 Å². The van der Waals surface area contributed by atoms with Gasteiger partial charge in [-0.2, -0.15) is 0 Å². The fourth-order valence-electron chi connectivity index (χ4n) is 1.82. The van der Waals surface area contributed by atoms with Gasteiger partial charge in [0.15, 0.2) is 6.10 Å². The number of hydrogen-bond donors (Lipinski definition) is 2. The molecule has 0 radical (unpaired) electrons. The zero-order valence-electron chi connectivity index (χ0n) is 11.2. The summed E-state index contributed by atoms with van der Waals surface area (Å²) in [6, 6.07) is 5.03. The first-order chi connectivity index (χ1) is 9.11. The molecule has 1 unspecified atom stereocenters. The minimum atomic E-state index is -0.536. The molecular weight excluding hydrogens is 244 g/mol. The van der Waals surface area contributed by atoms with Crippen molar-refractivity contribution in [3.05, 3.63) is 23.8 Å². The molecule has 1 aliphatic heterocycles. The quantitative estimate of drug-likeness (QED) is 0.815. The first-order valence-electron chi connectivity index (χ1n) is 6.51. The van der Waals surface area contributed by atoms with Crippen LogP contribution in [0.4, 0.5) is 5.69 Å². The monoisotopic (exact) mass is 262 g/mol. The lowest BCUT2D eigenvalue weighted by Gasteiger charge is -2.23. The Morgan fingerprint density at radius 2 is 2.26 bits per heavy atom. The molecule has 0 spiro atoms. The minimum absolute atomic E-state index is 0.121. The lowest BCUT2D eigenvalue weighted by atomic mass is 10.1. The fraction of sp³-hybridized carbons (Fsp3) is 0.429. The molecule has 1 aromatic rings. The fourth-order valence-corrected chi connectivity index (χ4v) is 1.82. The number of unbranched alkanes of at least 4 members (excludes halogenated alkanes) is 1. The van der Waals surface area contributed by atoms with Crippen LogP contribution in [0.25, 0.3) is 0 Å². The van der Waals surface area contributed by atoms with Crippen LogP contribution in [-0.2, 0) is 4.79 Å². The average molecular weight is 262 g/mol. The van der Waals surface area contributed by atoms with Gasteiger partial charge in [0.2, 0.25) is 0 Å². The van der Waals surface area contributed by atoms with E-state index in [1.54, 1.807) is 25.1 Å². The Labute approximate surface area is 112 Å². The molecular formula is C14H18N2O3. The van der Waals surface area contributed by atoms with E-state index in [-0.39, 0.29) is 11.8 Å². The van der Waals surface area contributed by atoms with Crippen LogP contribution in [0.15, 0.2) is 18.2 Å². The second kappa shape index (κ2) is 5.73. The maximum atomic E-state index is 11.9. The summed E-state index contributed by atoms with van der Waals surface area (Å²) in [6.07, 6.45) is 1.46. The summed E-state index contributed by atoms with van der Waals surface area (Å²) in [5, 5.41) is 5.58. The first kappa shape index (κ1) is 13.4. The summed E-state index contributed by atoms with van der Waals surface area (Å²) in [5.74, 6) is 0.243. The summed E-state index contributed by atoms with van der Waals surface area (Å²) in [5.41, 5.74) is 1.14. The molecule has 0 bridgehead atoms. The summed E-state index contributed by atoms with van der Waals surface area (Å²) in [6.45, 7) is 4.41. The average Bonchev–Trinajstić information content (AvgIpc) is 2.40. The molecule has 0 saturated carbocycles. The molecule has 0 fully saturated rings. The van der Waals surface area contributed by atoms with Crippen LogP contribution in [-0.4, -0.2) is 24.5 Å². The lowest BCUT2D eigenvalue weighted by molar-refractivity contribution is -0.122. The summed E-state index contributed by atoms with van der Waals surface area (Å²) in [4.78, 5) is 23.3. The van der Waals surface area contributed by atoms with Crippen LogP contribution in [0.5, 0.6) is 5.75 Å². The minimum Gasteiger partial charge on any atom is -0.479 e. The molecule has 0 aromatic heterocycles. The SMILES string of the molecule is CCCCNC(=O)c1ccc2c(c1)OC(C)C(=O)N2. The topological polar surface area (TPSA) is 67.4 Å². The number of amides is 2. The van der Waals surface area contributed by atoms with Gasteiger partial charge in [-0.1, -0.05) is 13.3 Å². The van der Waals surface area contributed by atoms with E-state index in [4.69, 9.17) is 4.74 Å². The highest BCUT2D eigenvalue weighted by Gasteiger charge is 2.24. The molecule has 1 aliphatic rings. The van der Waals surface area contributed by atoms with E-state index < -0.39 is 6.10 Å². The molecule has 1 atom stereocenters. The normalized spacial score (nSPS) is 17.2. The van der Waals surface area contributed by atoms with Crippen molar-refractivity contribution in [1.82, 2.24) is 5.32 Å². The first-order valence-corrected chi connectivity index (χ1v) is 6.51. The molecule has 2 N–H and O–H groups in total. The molecule has 1 heterocycles. The van der Waals surface area contributed by atoms with E-state index in [0.29, 0.717) is 23.5 Å². The van der Waals surface area contributed by atoms with Crippen LogP contribution in [0.3, 0.4) is 0 Å². The van der Waals surface area contributed by atoms with Gasteiger partial charge in [-0.15, -0.1) is 0 Å². The van der Waals surface area contributed by atoms with Gasteiger partial charge in [0, 0.05) is 12.1 Å². The third-order valence-electron chi connectivity index (χ3n) is 2.99. The van der Waals surface area contributed by atoms with Crippen molar-refractivity contribution in [1.29, 1.82) is 0 Å². The van der Waals surface area contributed by atoms with Crippen LogP contribution < -0.4 is 15.4 Å². The van der Waals surface area contributed by atoms with E-state index in [2.05, 4.69) is 17.6 Å². The number of nitrogens with one attached hydrogen (secondary N) is 2. The third-order valence-corrected chi connectivity index (χ3v) is 2.99. The summed E-state index contributed by atoms with van der Waals surface area (Å²) < 4.78 is 5.47. The Morgan fingerprint density at radius 1 is 1.47 bits per heavy atom. The highest BCUT2D eigenvalue weighted by atomic mass is 16.5. The number of hydrogen-bond acceptors (Lipinski definition) is 3. The maximum Gasteiger partial charge on any atom is 0.265 e. The molecule has 102 valence electrons. The Kier molecular flexibility index (Phi) is 4.04. The van der Waals surface area contributed by atoms with E-state index in [1.807, 2.05) is 0 Å². The number of ether oxygens (including phenoxy) is 1. The van der Waals surface area contributed by atoms with E-state index >= 15 is 0 Å². The molecule has 0 aliphatic carbocycles. The van der Waals surface area contributed by atoms with Crippen molar-refractivity contribution in [3.8, 4) is 5.75 Å². The van der Waals surface area contributed by atoms with Crippen molar-refractivity contribution >= 4 is 17.5 Å². The molecule has 5 nitrogen and oxygen atoms in total. The molecule has 2 amide bonds. The lowest BCUT2D eigenvalue weighted by Crippen LogP contribution is -2.34. The molecule has 0 saturated heterocycles. The third kappa shape index (κ3) is 3.05. The molecule has 19 heavy (non-hydrogen) atoms. The predicted molar refractivity (Wildman–Crippen MR) is 72.4 cm³/mol. The molecule has 1 aromatic carbocycles. The van der Waals surface area contributed by atoms with Crippen LogP contribution in [0, 0.1) is 0 Å². The molecule has 2 rings (SSSR count). The standard InChI is InChI=1S/C14H18N2O3/c1-3-4-7-15-14(18)10-5-6-11-12(8-10)19-9(2)13(17)16-11/h5-6,8-9H,3-4,7H2,1-2H3,(H,15,18)(H,16,17). The van der Waals surface area contributed by atoms with Crippen LogP contribution in [0.2, 0.25) is 0 Å². The van der Waals surface area contributed by atoms with Gasteiger partial charge in [-0.3, -0.25) is 9.59 Å². The Bertz CT molecular complexity index is 499. The Balaban J connectivity index is 2.10. The zero-order chi connectivity index (χ0) is 13.8. The van der Waals surface area contributed by atoms with Crippen LogP contribution in [0.1, 0.15) is 37.0 Å². The number of fused-ring (bicyclic) bond motifs is 1. The number of carbonyl (C=O) groups excluding carboxylic acids is 2. The summed E-state index contributed by atoms with van der Waals surface area (Å²) in [7, 11) is 0. The predicted octanol–water partition coefficient (Wildman–Crippen LogP) is 1.94. The highest BCUT2D eigenvalue weighted by molar-refractivity contribution is 6.00. The van der Waals surface area contributed by atoms with E-state index in [1.165, 1.54) is 0 Å². The number of benzene rings is 1. The van der Waals surface area contributed by atoms with E-state index in [0.717, 1.165) is 12.8 Å². The van der Waals surface area contributed by atoms with Crippen molar-refractivity contribution in [2.24, 2.45) is 0 Å². The second-order valence-corrected chi connectivity index (χ2v) is 4.57. The maximum absolute atomic E-state index is 11.9. The van der Waals surface area contributed by atoms with Gasteiger partial charge in [-0.25, -0.2) is 0 Å². The van der Waals surface area contributed by atoms with Gasteiger partial charge in [0.1, 0.15) is 5.75 Å². The smallest absolute Gasteiger partial charge is 0.265 e. The van der Waals surface area contributed by atoms with Crippen molar-refractivity contribution in [2.45, 2.75) is 32.8 Å². The Morgan fingerprint density at radius 3 is 3.00 bits per heavy atom. The van der Waals surface area contributed by atoms with Crippen molar-refractivity contribution in [3.63, 3.8) is 0 Å². The highest BCUT2D eigenvalue weighted by Crippen LogP contribution is 2.30. The molecule has 5 heteroatoms. The van der Waals surface area contributed by atoms with Crippen molar-refractivity contribution in [2.75, 3.05) is 11.9 Å². The second-order valence-electron chi connectivity index (χ2n) is 4.57. The van der Waals surface area contributed by atoms with Crippen LogP contribution >= 0.6 is 0 Å². The van der Waals surface area contributed by atoms with Gasteiger partial charge in [0.25, 0.3) is 11.8 Å². The zero-order valence-corrected chi connectivity index (χ0v) is 11.2. The van der Waals surface area contributed by atoms with Gasteiger partial charge in [-0.05, 0) is 31.5 Å². The van der Waals surface area contributed by atoms with Gasteiger partial charge >= 0.3 is 0 Å². The Hall–Kier alpha value is -2.04. The number of anilines is 1. The van der Waals surface area contributed by atoms with Crippen molar-refractivity contribution < 1.29 is 14.3 Å².